The van der Waals surface area contributed by atoms with Gasteiger partial charge in [0.25, 0.3) is 0 Å². The number of ketones is 1. The van der Waals surface area contributed by atoms with Crippen LogP contribution in [0, 0.1) is 28.6 Å². The summed E-state index contributed by atoms with van der Waals surface area (Å²) in [5, 5.41) is 0.160. The number of cyclic esters (lactones) is 1. The number of allylic oxidation sites excluding steroid dienone is 1. The Morgan fingerprint density at radius 1 is 1.20 bits per heavy atom. The van der Waals surface area contributed by atoms with Crippen LogP contribution in [-0.2, 0) is 19.1 Å². The van der Waals surface area contributed by atoms with Gasteiger partial charge in [-0.05, 0) is 61.5 Å². The van der Waals surface area contributed by atoms with Gasteiger partial charge in [0.2, 0.25) is 0 Å². The number of thioether (sulfide) groups is 1. The van der Waals surface area contributed by atoms with Crippen molar-refractivity contribution in [2.24, 2.45) is 28.6 Å². The minimum absolute atomic E-state index is 0.0308. The molecule has 0 aromatic carbocycles. The van der Waals surface area contributed by atoms with Gasteiger partial charge in [-0.3, -0.25) is 14.4 Å². The van der Waals surface area contributed by atoms with Crippen LogP contribution >= 0.6 is 11.8 Å². The van der Waals surface area contributed by atoms with Gasteiger partial charge < -0.3 is 4.74 Å². The molecule has 5 heteroatoms. The van der Waals surface area contributed by atoms with Crippen LogP contribution in [0.25, 0.3) is 0 Å². The van der Waals surface area contributed by atoms with E-state index in [0.29, 0.717) is 24.9 Å². The van der Waals surface area contributed by atoms with Gasteiger partial charge in [-0.2, -0.15) is 0 Å². The molecule has 0 radical (unpaired) electrons. The Kier molecular flexibility index (Phi) is 3.95. The van der Waals surface area contributed by atoms with Crippen LogP contribution in [0.2, 0.25) is 0 Å². The lowest BCUT2D eigenvalue weighted by atomic mass is 9.47. The van der Waals surface area contributed by atoms with Gasteiger partial charge in [-0.1, -0.05) is 18.7 Å². The first-order chi connectivity index (χ1) is 11.8. The summed E-state index contributed by atoms with van der Waals surface area (Å²) < 4.78 is 5.47. The summed E-state index contributed by atoms with van der Waals surface area (Å²) in [5.74, 6) is 1.25. The lowest BCUT2D eigenvalue weighted by Gasteiger charge is -2.57. The number of carbonyl (C=O) groups excluding carboxylic acids is 3. The number of carbonyl (C=O) groups is 3. The smallest absolute Gasteiger partial charge is 0.312 e. The minimum atomic E-state index is -0.366. The second-order valence-electron chi connectivity index (χ2n) is 8.75. The summed E-state index contributed by atoms with van der Waals surface area (Å²) in [6.07, 6.45) is 6.06. The fourth-order valence-corrected chi connectivity index (χ4v) is 7.29. The summed E-state index contributed by atoms with van der Waals surface area (Å²) in [7, 11) is 0. The number of fused-ring (bicyclic) bond motifs is 5. The van der Waals surface area contributed by atoms with Crippen molar-refractivity contribution in [3.8, 4) is 0 Å². The third-order valence-corrected chi connectivity index (χ3v) is 8.58. The van der Waals surface area contributed by atoms with Crippen molar-refractivity contribution in [3.05, 3.63) is 11.6 Å². The van der Waals surface area contributed by atoms with Crippen molar-refractivity contribution in [1.29, 1.82) is 0 Å². The van der Waals surface area contributed by atoms with Crippen LogP contribution in [0.15, 0.2) is 11.6 Å². The molecular formula is C20H26O4S. The lowest BCUT2D eigenvalue weighted by molar-refractivity contribution is -0.148. The number of hydrogen-bond donors (Lipinski definition) is 0. The monoisotopic (exact) mass is 362 g/mol. The van der Waals surface area contributed by atoms with E-state index in [-0.39, 0.29) is 38.9 Å². The quantitative estimate of drug-likeness (QED) is 0.668. The van der Waals surface area contributed by atoms with E-state index < -0.39 is 0 Å². The second-order valence-corrected chi connectivity index (χ2v) is 10.1. The van der Waals surface area contributed by atoms with Crippen molar-refractivity contribution < 1.29 is 19.1 Å². The summed E-state index contributed by atoms with van der Waals surface area (Å²) in [6.45, 7) is 6.47. The Balaban J connectivity index is 1.75. The molecule has 6 atom stereocenters. The Bertz CT molecular complexity index is 683. The maximum absolute atomic E-state index is 12.3. The van der Waals surface area contributed by atoms with Crippen molar-refractivity contribution in [1.82, 2.24) is 0 Å². The van der Waals surface area contributed by atoms with Gasteiger partial charge in [0, 0.05) is 24.5 Å². The van der Waals surface area contributed by atoms with Crippen LogP contribution < -0.4 is 0 Å². The molecule has 0 aromatic heterocycles. The van der Waals surface area contributed by atoms with E-state index in [0.717, 1.165) is 25.7 Å². The molecule has 1 heterocycles. The average molecular weight is 362 g/mol. The molecule has 1 saturated heterocycles. The Morgan fingerprint density at radius 2 is 1.96 bits per heavy atom. The number of rotatable bonds is 1. The highest BCUT2D eigenvalue weighted by Gasteiger charge is 2.62. The van der Waals surface area contributed by atoms with E-state index in [9.17, 15) is 14.4 Å². The van der Waals surface area contributed by atoms with Crippen LogP contribution in [0.4, 0.5) is 0 Å². The Hall–Kier alpha value is -1.10. The largest absolute Gasteiger partial charge is 0.465 e. The maximum atomic E-state index is 12.3. The van der Waals surface area contributed by atoms with Crippen LogP contribution in [0.5, 0.6) is 0 Å². The molecule has 0 bridgehead atoms. The van der Waals surface area contributed by atoms with Gasteiger partial charge in [0.05, 0.1) is 12.0 Å². The third kappa shape index (κ3) is 2.45. The predicted molar refractivity (Wildman–Crippen MR) is 95.9 cm³/mol. The molecule has 3 aliphatic carbocycles. The third-order valence-electron chi connectivity index (χ3n) is 7.51. The summed E-state index contributed by atoms with van der Waals surface area (Å²) >= 11 is 1.37. The fraction of sp³-hybridized carbons (Fsp3) is 0.750. The molecule has 1 aliphatic heterocycles. The highest BCUT2D eigenvalue weighted by atomic mass is 32.2. The van der Waals surface area contributed by atoms with E-state index in [1.165, 1.54) is 17.3 Å². The van der Waals surface area contributed by atoms with E-state index >= 15 is 0 Å². The number of ether oxygens (including phenoxy) is 1. The van der Waals surface area contributed by atoms with Gasteiger partial charge in [0.1, 0.15) is 0 Å². The molecule has 4 nitrogen and oxygen atoms in total. The van der Waals surface area contributed by atoms with Gasteiger partial charge in [-0.15, -0.1) is 0 Å². The summed E-state index contributed by atoms with van der Waals surface area (Å²) in [5.41, 5.74) is 0.782. The van der Waals surface area contributed by atoms with Crippen molar-refractivity contribution in [2.45, 2.75) is 58.1 Å². The zero-order valence-electron chi connectivity index (χ0n) is 15.2. The molecule has 0 amide bonds. The molecule has 0 spiro atoms. The van der Waals surface area contributed by atoms with E-state index in [2.05, 4.69) is 13.8 Å². The molecule has 4 aliphatic rings. The zero-order valence-corrected chi connectivity index (χ0v) is 16.0. The van der Waals surface area contributed by atoms with Crippen molar-refractivity contribution >= 4 is 28.6 Å². The lowest BCUT2D eigenvalue weighted by Crippen LogP contribution is -2.54. The van der Waals surface area contributed by atoms with Crippen molar-refractivity contribution in [2.75, 3.05) is 6.61 Å². The highest BCUT2D eigenvalue weighted by Crippen LogP contribution is 2.64. The SMILES string of the molecule is CC(=O)S[C@@H]1C[C@@H]2[C@H](CC[C@]3(C)C(=O)OC[C@@H]23)[C@@]2(C)CCC(=O)C=C12. The molecular weight excluding hydrogens is 336 g/mol. The van der Waals surface area contributed by atoms with Crippen LogP contribution in [0.1, 0.15) is 52.9 Å². The van der Waals surface area contributed by atoms with E-state index in [4.69, 9.17) is 4.74 Å². The molecule has 0 aromatic rings. The number of esters is 1. The maximum Gasteiger partial charge on any atom is 0.312 e. The first-order valence-electron chi connectivity index (χ1n) is 9.35. The second kappa shape index (κ2) is 5.70. The molecule has 136 valence electrons. The average Bonchev–Trinajstić information content (AvgIpc) is 2.84. The van der Waals surface area contributed by atoms with Gasteiger partial charge in [0.15, 0.2) is 10.9 Å². The van der Waals surface area contributed by atoms with E-state index in [1.807, 2.05) is 6.08 Å². The topological polar surface area (TPSA) is 60.4 Å². The van der Waals surface area contributed by atoms with Gasteiger partial charge >= 0.3 is 5.97 Å². The molecule has 2 saturated carbocycles. The van der Waals surface area contributed by atoms with Crippen molar-refractivity contribution in [3.63, 3.8) is 0 Å². The standard InChI is InChI=1S/C20H26O4S/c1-11(21)25-17-9-13-14(19(2)6-4-12(22)8-15(17)19)5-7-20(3)16(13)10-24-18(20)23/h8,13-14,16-17H,4-7,9-10H2,1-3H3/t13-,14+,16+,17-,19-,20+/m1/s1. The highest BCUT2D eigenvalue weighted by molar-refractivity contribution is 8.14. The fourth-order valence-electron chi connectivity index (χ4n) is 6.10. The summed E-state index contributed by atoms with van der Waals surface area (Å²) in [6, 6.07) is 0. The normalized spacial score (nSPS) is 45.8. The molecule has 25 heavy (non-hydrogen) atoms. The Labute approximate surface area is 153 Å². The minimum Gasteiger partial charge on any atom is -0.465 e. The summed E-state index contributed by atoms with van der Waals surface area (Å²) in [4.78, 5) is 36.3. The molecule has 4 rings (SSSR count). The molecule has 0 N–H and O–H groups in total. The van der Waals surface area contributed by atoms with Gasteiger partial charge in [-0.25, -0.2) is 0 Å². The van der Waals surface area contributed by atoms with E-state index in [1.54, 1.807) is 6.92 Å². The Morgan fingerprint density at radius 3 is 2.68 bits per heavy atom. The van der Waals surface area contributed by atoms with Crippen LogP contribution in [-0.4, -0.2) is 28.7 Å². The molecule has 0 unspecified atom stereocenters. The predicted octanol–water partition coefficient (Wildman–Crippen LogP) is 3.54. The first-order valence-corrected chi connectivity index (χ1v) is 10.2. The molecule has 3 fully saturated rings. The number of hydrogen-bond acceptors (Lipinski definition) is 5. The zero-order chi connectivity index (χ0) is 18.0. The first kappa shape index (κ1) is 17.3. The van der Waals surface area contributed by atoms with Crippen LogP contribution in [0.3, 0.4) is 0 Å².